The molecule has 1 heterocycles. The van der Waals surface area contributed by atoms with Gasteiger partial charge in [0.15, 0.2) is 0 Å². The van der Waals surface area contributed by atoms with E-state index in [1.54, 1.807) is 7.11 Å². The van der Waals surface area contributed by atoms with Crippen molar-refractivity contribution in [2.24, 2.45) is 0 Å². The number of carbonyl (C=O) groups is 1. The van der Waals surface area contributed by atoms with Crippen molar-refractivity contribution in [1.82, 2.24) is 4.90 Å². The van der Waals surface area contributed by atoms with Gasteiger partial charge in [0.05, 0.1) is 6.61 Å². The minimum atomic E-state index is 0.0847. The zero-order chi connectivity index (χ0) is 14.4. The molecule has 0 aliphatic carbocycles. The number of nitrogens with zero attached hydrogens (tertiary/aromatic N) is 1. The Kier molecular flexibility index (Phi) is 6.20. The Morgan fingerprint density at radius 2 is 2.40 bits per heavy atom. The zero-order valence-corrected chi connectivity index (χ0v) is 13.3. The average molecular weight is 314 g/mol. The molecule has 0 radical (unpaired) electrons. The minimum Gasteiger partial charge on any atom is -0.383 e. The molecule has 1 amide bonds. The van der Waals surface area contributed by atoms with E-state index in [9.17, 15) is 4.79 Å². The van der Waals surface area contributed by atoms with E-state index in [-0.39, 0.29) is 5.91 Å². The zero-order valence-electron chi connectivity index (χ0n) is 11.7. The van der Waals surface area contributed by atoms with Crippen LogP contribution in [0.3, 0.4) is 0 Å². The van der Waals surface area contributed by atoms with Crippen LogP contribution in [-0.2, 0) is 10.6 Å². The van der Waals surface area contributed by atoms with Crippen molar-refractivity contribution in [1.29, 1.82) is 0 Å². The second kappa shape index (κ2) is 7.91. The van der Waals surface area contributed by atoms with Crippen LogP contribution in [0.25, 0.3) is 0 Å². The maximum Gasteiger partial charge on any atom is 0.254 e. The number of carbonyl (C=O) groups excluding carboxylic acids is 1. The third kappa shape index (κ3) is 3.90. The Morgan fingerprint density at radius 1 is 1.55 bits per heavy atom. The number of methoxy groups -OCH3 is 1. The van der Waals surface area contributed by atoms with Crippen molar-refractivity contribution in [3.63, 3.8) is 0 Å². The Labute approximate surface area is 129 Å². The fourth-order valence-electron chi connectivity index (χ4n) is 2.36. The minimum absolute atomic E-state index is 0.0847. The van der Waals surface area contributed by atoms with Gasteiger partial charge < -0.3 is 9.64 Å². The van der Waals surface area contributed by atoms with E-state index < -0.39 is 0 Å². The van der Waals surface area contributed by atoms with Crippen molar-refractivity contribution in [3.8, 4) is 0 Å². The largest absolute Gasteiger partial charge is 0.383 e. The first-order valence-electron chi connectivity index (χ1n) is 6.79. The third-order valence-electron chi connectivity index (χ3n) is 3.47. The van der Waals surface area contributed by atoms with E-state index in [1.165, 1.54) is 0 Å². The number of ether oxygens (including phenoxy) is 1. The summed E-state index contributed by atoms with van der Waals surface area (Å²) in [7, 11) is 1.67. The molecular formula is C15H20ClNO2S. The lowest BCUT2D eigenvalue weighted by molar-refractivity contribution is 0.0624. The molecule has 0 N–H and O–H groups in total. The molecule has 1 aliphatic heterocycles. The van der Waals surface area contributed by atoms with Gasteiger partial charge in [0, 0.05) is 36.9 Å². The van der Waals surface area contributed by atoms with Gasteiger partial charge in [-0.3, -0.25) is 4.79 Å². The quantitative estimate of drug-likeness (QED) is 0.756. The summed E-state index contributed by atoms with van der Waals surface area (Å²) in [5.41, 5.74) is 1.70. The van der Waals surface area contributed by atoms with Gasteiger partial charge in [0.25, 0.3) is 5.91 Å². The van der Waals surface area contributed by atoms with E-state index in [0.717, 1.165) is 29.1 Å². The number of halogens is 1. The SMILES string of the molecule is COCCN(C(=O)c1cccc(CCl)c1)C1CCSC1. The van der Waals surface area contributed by atoms with Gasteiger partial charge in [0.2, 0.25) is 0 Å². The van der Waals surface area contributed by atoms with Crippen molar-refractivity contribution in [2.75, 3.05) is 31.8 Å². The highest BCUT2D eigenvalue weighted by Crippen LogP contribution is 2.24. The summed E-state index contributed by atoms with van der Waals surface area (Å²) < 4.78 is 5.14. The molecule has 1 aliphatic rings. The number of benzene rings is 1. The van der Waals surface area contributed by atoms with Crippen molar-refractivity contribution < 1.29 is 9.53 Å². The molecular weight excluding hydrogens is 294 g/mol. The van der Waals surface area contributed by atoms with Gasteiger partial charge in [0.1, 0.15) is 0 Å². The molecule has 2 rings (SSSR count). The number of amides is 1. The maximum absolute atomic E-state index is 12.7. The van der Waals surface area contributed by atoms with Gasteiger partial charge in [-0.2, -0.15) is 11.8 Å². The fourth-order valence-corrected chi connectivity index (χ4v) is 3.75. The molecule has 0 aromatic heterocycles. The normalized spacial score (nSPS) is 18.2. The molecule has 0 bridgehead atoms. The van der Waals surface area contributed by atoms with Crippen LogP contribution < -0.4 is 0 Å². The molecule has 1 unspecified atom stereocenters. The highest BCUT2D eigenvalue weighted by atomic mass is 35.5. The number of thioether (sulfide) groups is 1. The standard InChI is InChI=1S/C15H20ClNO2S/c1-19-7-6-17(14-5-8-20-11-14)15(18)13-4-2-3-12(9-13)10-16/h2-4,9,14H,5-8,10-11H2,1H3. The summed E-state index contributed by atoms with van der Waals surface area (Å²) in [5.74, 6) is 2.66. The number of hydrogen-bond acceptors (Lipinski definition) is 3. The molecule has 1 aromatic rings. The average Bonchev–Trinajstić information content (AvgIpc) is 3.01. The number of hydrogen-bond donors (Lipinski definition) is 0. The second-order valence-electron chi connectivity index (χ2n) is 4.84. The lowest BCUT2D eigenvalue weighted by Crippen LogP contribution is -2.42. The van der Waals surface area contributed by atoms with Gasteiger partial charge in [-0.1, -0.05) is 12.1 Å². The fraction of sp³-hybridized carbons (Fsp3) is 0.533. The van der Waals surface area contributed by atoms with Gasteiger partial charge in [-0.25, -0.2) is 0 Å². The van der Waals surface area contributed by atoms with Crippen molar-refractivity contribution in [3.05, 3.63) is 35.4 Å². The molecule has 110 valence electrons. The lowest BCUT2D eigenvalue weighted by Gasteiger charge is -2.28. The highest BCUT2D eigenvalue weighted by Gasteiger charge is 2.27. The van der Waals surface area contributed by atoms with Crippen LogP contribution in [0.2, 0.25) is 0 Å². The molecule has 20 heavy (non-hydrogen) atoms. The highest BCUT2D eigenvalue weighted by molar-refractivity contribution is 7.99. The lowest BCUT2D eigenvalue weighted by atomic mass is 10.1. The van der Waals surface area contributed by atoms with E-state index in [1.807, 2.05) is 40.9 Å². The summed E-state index contributed by atoms with van der Waals surface area (Å²) in [6.07, 6.45) is 1.06. The van der Waals surface area contributed by atoms with E-state index >= 15 is 0 Å². The molecule has 0 saturated carbocycles. The first kappa shape index (κ1) is 15.7. The molecule has 1 atom stereocenters. The summed E-state index contributed by atoms with van der Waals surface area (Å²) in [5, 5.41) is 0. The Morgan fingerprint density at radius 3 is 3.05 bits per heavy atom. The smallest absolute Gasteiger partial charge is 0.254 e. The van der Waals surface area contributed by atoms with Crippen LogP contribution in [0.15, 0.2) is 24.3 Å². The molecule has 1 aromatic carbocycles. The van der Waals surface area contributed by atoms with Crippen LogP contribution in [0.4, 0.5) is 0 Å². The maximum atomic E-state index is 12.7. The van der Waals surface area contributed by atoms with Crippen LogP contribution in [-0.4, -0.2) is 48.6 Å². The van der Waals surface area contributed by atoms with Crippen LogP contribution in [0.5, 0.6) is 0 Å². The monoisotopic (exact) mass is 313 g/mol. The van der Waals surface area contributed by atoms with Gasteiger partial charge >= 0.3 is 0 Å². The number of rotatable bonds is 6. The summed E-state index contributed by atoms with van der Waals surface area (Å²) >= 11 is 7.75. The first-order valence-corrected chi connectivity index (χ1v) is 8.47. The van der Waals surface area contributed by atoms with Crippen LogP contribution >= 0.6 is 23.4 Å². The predicted octanol–water partition coefficient (Wildman–Crippen LogP) is 3.02. The molecule has 1 saturated heterocycles. The topological polar surface area (TPSA) is 29.5 Å². The molecule has 1 fully saturated rings. The van der Waals surface area contributed by atoms with Crippen molar-refractivity contribution >= 4 is 29.3 Å². The predicted molar refractivity (Wildman–Crippen MR) is 84.6 cm³/mol. The van der Waals surface area contributed by atoms with Crippen molar-refractivity contribution in [2.45, 2.75) is 18.3 Å². The van der Waals surface area contributed by atoms with E-state index in [4.69, 9.17) is 16.3 Å². The summed E-state index contributed by atoms with van der Waals surface area (Å²) in [6.45, 7) is 1.22. The second-order valence-corrected chi connectivity index (χ2v) is 6.26. The van der Waals surface area contributed by atoms with Gasteiger partial charge in [-0.15, -0.1) is 11.6 Å². The van der Waals surface area contributed by atoms with Crippen LogP contribution in [0, 0.1) is 0 Å². The molecule has 3 nitrogen and oxygen atoms in total. The third-order valence-corrected chi connectivity index (χ3v) is 4.93. The molecule has 5 heteroatoms. The summed E-state index contributed by atoms with van der Waals surface area (Å²) in [6, 6.07) is 7.90. The number of alkyl halides is 1. The summed E-state index contributed by atoms with van der Waals surface area (Å²) in [4.78, 5) is 14.7. The van der Waals surface area contributed by atoms with Gasteiger partial charge in [-0.05, 0) is 29.9 Å². The van der Waals surface area contributed by atoms with E-state index in [2.05, 4.69) is 0 Å². The Hall–Kier alpha value is -0.710. The Balaban J connectivity index is 2.15. The van der Waals surface area contributed by atoms with E-state index in [0.29, 0.717) is 25.1 Å². The van der Waals surface area contributed by atoms with Crippen LogP contribution in [0.1, 0.15) is 22.3 Å². The Bertz CT molecular complexity index is 449. The first-order chi connectivity index (χ1) is 9.76. The molecule has 0 spiro atoms.